The van der Waals surface area contributed by atoms with Crippen LogP contribution in [-0.2, 0) is 0 Å². The van der Waals surface area contributed by atoms with Crippen LogP contribution in [-0.4, -0.2) is 29.5 Å². The first-order chi connectivity index (χ1) is 7.29. The zero-order valence-electron chi connectivity index (χ0n) is 9.29. The summed E-state index contributed by atoms with van der Waals surface area (Å²) in [5.74, 6) is 2.32. The second-order valence-electron chi connectivity index (χ2n) is 4.28. The van der Waals surface area contributed by atoms with Gasteiger partial charge in [0, 0.05) is 24.0 Å². The predicted octanol–water partition coefficient (Wildman–Crippen LogP) is 1.68. The molecule has 0 spiro atoms. The lowest BCUT2D eigenvalue weighted by molar-refractivity contribution is 0.569. The molecule has 1 heterocycles. The molecule has 0 aromatic carbocycles. The zero-order valence-corrected chi connectivity index (χ0v) is 10.1. The molecule has 15 heavy (non-hydrogen) atoms. The van der Waals surface area contributed by atoms with E-state index in [1.807, 2.05) is 7.05 Å². The Labute approximate surface area is 94.7 Å². The standard InChI is InChI=1S/C10H18N4S/c1-7(5-11-2)6-12-10-13-9(14-15-10)8-3-4-8/h7-8,11H,3-6H2,1-2H3,(H,12,13,14). The predicted molar refractivity (Wildman–Crippen MR) is 63.5 cm³/mol. The average Bonchev–Trinajstić information content (AvgIpc) is 2.96. The van der Waals surface area contributed by atoms with E-state index in [0.29, 0.717) is 11.8 Å². The van der Waals surface area contributed by atoms with E-state index in [9.17, 15) is 0 Å². The van der Waals surface area contributed by atoms with Crippen LogP contribution in [0.5, 0.6) is 0 Å². The fraction of sp³-hybridized carbons (Fsp3) is 0.800. The first-order valence-electron chi connectivity index (χ1n) is 5.51. The van der Waals surface area contributed by atoms with Crippen molar-refractivity contribution in [2.75, 3.05) is 25.5 Å². The Balaban J connectivity index is 1.77. The van der Waals surface area contributed by atoms with Gasteiger partial charge in [-0.1, -0.05) is 6.92 Å². The molecular weight excluding hydrogens is 208 g/mol. The van der Waals surface area contributed by atoms with Crippen LogP contribution in [0.2, 0.25) is 0 Å². The molecule has 0 saturated heterocycles. The summed E-state index contributed by atoms with van der Waals surface area (Å²) >= 11 is 1.49. The molecule has 1 aromatic rings. The number of rotatable bonds is 6. The molecule has 1 aromatic heterocycles. The van der Waals surface area contributed by atoms with Crippen LogP contribution in [0.3, 0.4) is 0 Å². The van der Waals surface area contributed by atoms with Gasteiger partial charge in [0.1, 0.15) is 5.82 Å². The van der Waals surface area contributed by atoms with Crippen LogP contribution in [0.25, 0.3) is 0 Å². The molecule has 84 valence electrons. The lowest BCUT2D eigenvalue weighted by Gasteiger charge is -2.10. The topological polar surface area (TPSA) is 49.8 Å². The van der Waals surface area contributed by atoms with Crippen molar-refractivity contribution >= 4 is 16.7 Å². The molecule has 4 nitrogen and oxygen atoms in total. The second kappa shape index (κ2) is 4.90. The summed E-state index contributed by atoms with van der Waals surface area (Å²) in [6, 6.07) is 0. The SMILES string of the molecule is CNCC(C)CNc1nc(C2CC2)ns1. The average molecular weight is 226 g/mol. The fourth-order valence-electron chi connectivity index (χ4n) is 1.50. The molecule has 5 heteroatoms. The maximum Gasteiger partial charge on any atom is 0.202 e. The third-order valence-corrected chi connectivity index (χ3v) is 3.23. The van der Waals surface area contributed by atoms with Gasteiger partial charge < -0.3 is 10.6 Å². The smallest absolute Gasteiger partial charge is 0.202 e. The van der Waals surface area contributed by atoms with Crippen molar-refractivity contribution in [3.63, 3.8) is 0 Å². The number of nitrogens with zero attached hydrogens (tertiary/aromatic N) is 2. The first-order valence-corrected chi connectivity index (χ1v) is 6.29. The summed E-state index contributed by atoms with van der Waals surface area (Å²) in [7, 11) is 1.98. The van der Waals surface area contributed by atoms with Gasteiger partial charge in [-0.3, -0.25) is 0 Å². The highest BCUT2D eigenvalue weighted by atomic mass is 32.1. The van der Waals surface area contributed by atoms with Crippen LogP contribution in [0.1, 0.15) is 31.5 Å². The van der Waals surface area contributed by atoms with E-state index >= 15 is 0 Å². The fourth-order valence-corrected chi connectivity index (χ4v) is 2.15. The highest BCUT2D eigenvalue weighted by Crippen LogP contribution is 2.39. The summed E-state index contributed by atoms with van der Waals surface area (Å²) in [6.45, 7) is 4.20. The highest BCUT2D eigenvalue weighted by molar-refractivity contribution is 7.09. The lowest BCUT2D eigenvalue weighted by Crippen LogP contribution is -2.22. The minimum Gasteiger partial charge on any atom is -0.360 e. The molecule has 1 aliphatic carbocycles. The third kappa shape index (κ3) is 3.14. The number of anilines is 1. The van der Waals surface area contributed by atoms with E-state index in [1.165, 1.54) is 24.4 Å². The molecule has 0 amide bonds. The summed E-state index contributed by atoms with van der Waals surface area (Å²) in [4.78, 5) is 4.48. The van der Waals surface area contributed by atoms with Gasteiger partial charge in [-0.25, -0.2) is 4.98 Å². The number of aromatic nitrogens is 2. The molecule has 1 saturated carbocycles. The van der Waals surface area contributed by atoms with Crippen molar-refractivity contribution < 1.29 is 0 Å². The normalized spacial score (nSPS) is 17.7. The molecule has 0 radical (unpaired) electrons. The van der Waals surface area contributed by atoms with Crippen molar-refractivity contribution in [3.05, 3.63) is 5.82 Å². The third-order valence-electron chi connectivity index (χ3n) is 2.54. The Bertz CT molecular complexity index is 308. The van der Waals surface area contributed by atoms with E-state index in [4.69, 9.17) is 0 Å². The monoisotopic (exact) mass is 226 g/mol. The summed E-state index contributed by atoms with van der Waals surface area (Å²) in [6.07, 6.45) is 2.54. The second-order valence-corrected chi connectivity index (χ2v) is 5.03. The Morgan fingerprint density at radius 2 is 2.27 bits per heavy atom. The van der Waals surface area contributed by atoms with Crippen LogP contribution >= 0.6 is 11.5 Å². The van der Waals surface area contributed by atoms with Crippen LogP contribution in [0, 0.1) is 5.92 Å². The van der Waals surface area contributed by atoms with Gasteiger partial charge >= 0.3 is 0 Å². The van der Waals surface area contributed by atoms with Crippen LogP contribution in [0.15, 0.2) is 0 Å². The van der Waals surface area contributed by atoms with Crippen LogP contribution < -0.4 is 10.6 Å². The van der Waals surface area contributed by atoms with Gasteiger partial charge in [-0.15, -0.1) is 0 Å². The quantitative estimate of drug-likeness (QED) is 0.775. The molecular formula is C10H18N4S. The molecule has 2 rings (SSSR count). The Morgan fingerprint density at radius 3 is 2.93 bits per heavy atom. The van der Waals surface area contributed by atoms with E-state index in [2.05, 4.69) is 26.9 Å². The van der Waals surface area contributed by atoms with E-state index < -0.39 is 0 Å². The first kappa shape index (κ1) is 10.8. The van der Waals surface area contributed by atoms with Crippen molar-refractivity contribution in [3.8, 4) is 0 Å². The van der Waals surface area contributed by atoms with Gasteiger partial charge in [0.15, 0.2) is 0 Å². The lowest BCUT2D eigenvalue weighted by atomic mass is 10.2. The Hall–Kier alpha value is -0.680. The van der Waals surface area contributed by atoms with E-state index in [0.717, 1.165) is 24.0 Å². The van der Waals surface area contributed by atoms with E-state index in [1.54, 1.807) is 0 Å². The Kier molecular flexibility index (Phi) is 3.53. The number of nitrogens with one attached hydrogen (secondary N) is 2. The molecule has 2 N–H and O–H groups in total. The van der Waals surface area contributed by atoms with Crippen LogP contribution in [0.4, 0.5) is 5.13 Å². The molecule has 0 aliphatic heterocycles. The summed E-state index contributed by atoms with van der Waals surface area (Å²) in [5, 5.41) is 7.47. The van der Waals surface area contributed by atoms with Gasteiger partial charge in [0.25, 0.3) is 0 Å². The van der Waals surface area contributed by atoms with Gasteiger partial charge in [-0.05, 0) is 32.4 Å². The van der Waals surface area contributed by atoms with Crippen molar-refractivity contribution in [2.45, 2.75) is 25.7 Å². The molecule has 1 aliphatic rings. The minimum atomic E-state index is 0.614. The van der Waals surface area contributed by atoms with E-state index in [-0.39, 0.29) is 0 Å². The Morgan fingerprint density at radius 1 is 1.47 bits per heavy atom. The molecule has 0 bridgehead atoms. The molecule has 1 atom stereocenters. The summed E-state index contributed by atoms with van der Waals surface area (Å²) < 4.78 is 4.35. The molecule has 1 unspecified atom stereocenters. The van der Waals surface area contributed by atoms with Crippen molar-refractivity contribution in [2.24, 2.45) is 5.92 Å². The zero-order chi connectivity index (χ0) is 10.7. The maximum atomic E-state index is 4.48. The maximum absolute atomic E-state index is 4.48. The largest absolute Gasteiger partial charge is 0.360 e. The number of hydrogen-bond donors (Lipinski definition) is 2. The molecule has 1 fully saturated rings. The number of hydrogen-bond acceptors (Lipinski definition) is 5. The summed E-state index contributed by atoms with van der Waals surface area (Å²) in [5.41, 5.74) is 0. The van der Waals surface area contributed by atoms with Crippen molar-refractivity contribution in [1.82, 2.24) is 14.7 Å². The van der Waals surface area contributed by atoms with Crippen molar-refractivity contribution in [1.29, 1.82) is 0 Å². The minimum absolute atomic E-state index is 0.614. The van der Waals surface area contributed by atoms with Gasteiger partial charge in [0.05, 0.1) is 0 Å². The highest BCUT2D eigenvalue weighted by Gasteiger charge is 2.27. The van der Waals surface area contributed by atoms with Gasteiger partial charge in [0.2, 0.25) is 5.13 Å². The van der Waals surface area contributed by atoms with Gasteiger partial charge in [-0.2, -0.15) is 4.37 Å².